The monoisotopic (exact) mass is 318 g/mol. The largest absolute Gasteiger partial charge is 0.399 e. The highest BCUT2D eigenvalue weighted by Gasteiger charge is 2.10. The van der Waals surface area contributed by atoms with Crippen LogP contribution in [0, 0.1) is 0 Å². The van der Waals surface area contributed by atoms with Crippen LogP contribution in [0.3, 0.4) is 0 Å². The molecule has 0 aliphatic rings. The van der Waals surface area contributed by atoms with Gasteiger partial charge in [-0.25, -0.2) is 0 Å². The number of nitrogens with zero attached hydrogens (tertiary/aromatic N) is 1. The molecule has 1 aromatic rings. The van der Waals surface area contributed by atoms with Gasteiger partial charge >= 0.3 is 0 Å². The fourth-order valence-corrected chi connectivity index (χ4v) is 1.84. The molecule has 0 spiro atoms. The van der Waals surface area contributed by atoms with Crippen LogP contribution in [0.15, 0.2) is 23.4 Å². The molecule has 0 radical (unpaired) electrons. The number of nitrogens with one attached hydrogen (secondary N) is 1. The van der Waals surface area contributed by atoms with Crippen molar-refractivity contribution < 1.29 is 14.7 Å². The summed E-state index contributed by atoms with van der Waals surface area (Å²) in [6.07, 6.45) is 0.630. The second kappa shape index (κ2) is 8.79. The van der Waals surface area contributed by atoms with Gasteiger partial charge in [0.1, 0.15) is 7.11 Å². The molecule has 1 aromatic carbocycles. The number of carbonyl (C=O) groups is 1. The maximum absolute atomic E-state index is 11.5. The van der Waals surface area contributed by atoms with E-state index in [0.717, 1.165) is 5.56 Å². The van der Waals surface area contributed by atoms with Crippen molar-refractivity contribution in [2.75, 3.05) is 20.3 Å². The normalized spacial score (nSPS) is 11.3. The number of amides is 1. The third kappa shape index (κ3) is 5.36. The zero-order valence-electron chi connectivity index (χ0n) is 11.0. The second-order valence-electron chi connectivity index (χ2n) is 3.92. The van der Waals surface area contributed by atoms with E-state index in [-0.39, 0.29) is 25.5 Å². The summed E-state index contributed by atoms with van der Waals surface area (Å²) in [6.45, 7) is 0.153. The average Bonchev–Trinajstić information content (AvgIpc) is 2.44. The van der Waals surface area contributed by atoms with Crippen LogP contribution in [0.4, 0.5) is 0 Å². The van der Waals surface area contributed by atoms with E-state index in [0.29, 0.717) is 22.2 Å². The quantitative estimate of drug-likeness (QED) is 0.598. The first kappa shape index (κ1) is 16.8. The van der Waals surface area contributed by atoms with Gasteiger partial charge in [-0.3, -0.25) is 4.79 Å². The van der Waals surface area contributed by atoms with Crippen LogP contribution < -0.4 is 5.32 Å². The molecule has 0 aliphatic carbocycles. The standard InChI is InChI=1S/C13H16Cl2N2O3/c1-20-17-12(4-5-13(19)16-6-7-18)9-2-3-10(14)11(15)8-9/h2-3,8,18H,4-7H2,1H3,(H,16,19)/b17-12+. The molecule has 1 amide bonds. The molecule has 0 aromatic heterocycles. The zero-order valence-corrected chi connectivity index (χ0v) is 12.5. The summed E-state index contributed by atoms with van der Waals surface area (Å²) in [5, 5.41) is 16.0. The molecule has 0 saturated heterocycles. The Balaban J connectivity index is 2.72. The minimum atomic E-state index is -0.164. The summed E-state index contributed by atoms with van der Waals surface area (Å²) in [5.41, 5.74) is 1.35. The molecule has 1 rings (SSSR count). The van der Waals surface area contributed by atoms with Gasteiger partial charge in [0.25, 0.3) is 0 Å². The number of aliphatic hydroxyl groups is 1. The van der Waals surface area contributed by atoms with Crippen LogP contribution in [0.1, 0.15) is 18.4 Å². The summed E-state index contributed by atoms with van der Waals surface area (Å²) in [4.78, 5) is 16.3. The Bertz CT molecular complexity index is 493. The summed E-state index contributed by atoms with van der Waals surface area (Å²) in [5.74, 6) is -0.164. The first-order chi connectivity index (χ1) is 9.58. The number of hydrogen-bond donors (Lipinski definition) is 2. The molecule has 0 heterocycles. The Hall–Kier alpha value is -1.30. The predicted octanol–water partition coefficient (Wildman–Crippen LogP) is 2.23. The Morgan fingerprint density at radius 1 is 1.35 bits per heavy atom. The molecule has 0 bridgehead atoms. The van der Waals surface area contributed by atoms with E-state index in [1.165, 1.54) is 7.11 Å². The Morgan fingerprint density at radius 2 is 2.10 bits per heavy atom. The van der Waals surface area contributed by atoms with E-state index in [9.17, 15) is 4.79 Å². The van der Waals surface area contributed by atoms with Crippen molar-refractivity contribution in [1.29, 1.82) is 0 Å². The maximum atomic E-state index is 11.5. The van der Waals surface area contributed by atoms with Gasteiger partial charge in [0.05, 0.1) is 22.4 Å². The van der Waals surface area contributed by atoms with Crippen molar-refractivity contribution in [2.24, 2.45) is 5.16 Å². The predicted molar refractivity (Wildman–Crippen MR) is 79.3 cm³/mol. The summed E-state index contributed by atoms with van der Waals surface area (Å²) in [7, 11) is 1.43. The molecule has 2 N–H and O–H groups in total. The van der Waals surface area contributed by atoms with Crippen molar-refractivity contribution in [1.82, 2.24) is 5.32 Å². The third-order valence-corrected chi connectivity index (χ3v) is 3.22. The van der Waals surface area contributed by atoms with Crippen LogP contribution in [0.25, 0.3) is 0 Å². The van der Waals surface area contributed by atoms with Crippen molar-refractivity contribution in [2.45, 2.75) is 12.8 Å². The van der Waals surface area contributed by atoms with E-state index < -0.39 is 0 Å². The number of halogens is 2. The average molecular weight is 319 g/mol. The third-order valence-electron chi connectivity index (χ3n) is 2.48. The fourth-order valence-electron chi connectivity index (χ4n) is 1.54. The topological polar surface area (TPSA) is 70.9 Å². The number of carbonyl (C=O) groups excluding carboxylic acids is 1. The van der Waals surface area contributed by atoms with Crippen molar-refractivity contribution in [3.05, 3.63) is 33.8 Å². The van der Waals surface area contributed by atoms with Crippen LogP contribution in [-0.2, 0) is 9.63 Å². The molecule has 5 nitrogen and oxygen atoms in total. The minimum Gasteiger partial charge on any atom is -0.399 e. The summed E-state index contributed by atoms with van der Waals surface area (Å²) < 4.78 is 0. The molecular weight excluding hydrogens is 303 g/mol. The van der Waals surface area contributed by atoms with Crippen LogP contribution >= 0.6 is 23.2 Å². The highest BCUT2D eigenvalue weighted by molar-refractivity contribution is 6.42. The molecule has 0 fully saturated rings. The van der Waals surface area contributed by atoms with Gasteiger partial charge in [-0.05, 0) is 12.1 Å². The Morgan fingerprint density at radius 3 is 2.70 bits per heavy atom. The summed E-state index contributed by atoms with van der Waals surface area (Å²) in [6, 6.07) is 5.10. The van der Waals surface area contributed by atoms with Crippen LogP contribution in [0.2, 0.25) is 10.0 Å². The second-order valence-corrected chi connectivity index (χ2v) is 4.74. The van der Waals surface area contributed by atoms with E-state index >= 15 is 0 Å². The minimum absolute atomic E-state index is 0.0858. The number of rotatable bonds is 7. The SMILES string of the molecule is CO/N=C(\CCC(=O)NCCO)c1ccc(Cl)c(Cl)c1. The Kier molecular flexibility index (Phi) is 7.36. The number of oxime groups is 1. The number of benzene rings is 1. The molecule has 20 heavy (non-hydrogen) atoms. The first-order valence-electron chi connectivity index (χ1n) is 6.01. The highest BCUT2D eigenvalue weighted by atomic mass is 35.5. The van der Waals surface area contributed by atoms with E-state index in [4.69, 9.17) is 33.1 Å². The highest BCUT2D eigenvalue weighted by Crippen LogP contribution is 2.23. The lowest BCUT2D eigenvalue weighted by molar-refractivity contribution is -0.121. The fraction of sp³-hybridized carbons (Fsp3) is 0.385. The van der Waals surface area contributed by atoms with Gasteiger partial charge in [-0.2, -0.15) is 0 Å². The molecule has 0 aliphatic heterocycles. The molecule has 110 valence electrons. The smallest absolute Gasteiger partial charge is 0.220 e. The lowest BCUT2D eigenvalue weighted by atomic mass is 10.1. The molecule has 0 unspecified atom stereocenters. The van der Waals surface area contributed by atoms with Gasteiger partial charge < -0.3 is 15.3 Å². The van der Waals surface area contributed by atoms with E-state index in [1.807, 2.05) is 0 Å². The van der Waals surface area contributed by atoms with Gasteiger partial charge in [0.2, 0.25) is 5.91 Å². The van der Waals surface area contributed by atoms with Crippen LogP contribution in [-0.4, -0.2) is 37.0 Å². The molecule has 0 atom stereocenters. The van der Waals surface area contributed by atoms with Crippen molar-refractivity contribution in [3.8, 4) is 0 Å². The molecular formula is C13H16Cl2N2O3. The lowest BCUT2D eigenvalue weighted by Gasteiger charge is -2.07. The van der Waals surface area contributed by atoms with E-state index in [1.54, 1.807) is 18.2 Å². The maximum Gasteiger partial charge on any atom is 0.220 e. The number of hydrogen-bond acceptors (Lipinski definition) is 4. The number of aliphatic hydroxyl groups excluding tert-OH is 1. The van der Waals surface area contributed by atoms with Gasteiger partial charge in [0.15, 0.2) is 0 Å². The van der Waals surface area contributed by atoms with E-state index in [2.05, 4.69) is 10.5 Å². The molecule has 0 saturated carbocycles. The molecule has 7 heteroatoms. The van der Waals surface area contributed by atoms with Crippen molar-refractivity contribution in [3.63, 3.8) is 0 Å². The first-order valence-corrected chi connectivity index (χ1v) is 6.77. The lowest BCUT2D eigenvalue weighted by Crippen LogP contribution is -2.26. The van der Waals surface area contributed by atoms with Gasteiger partial charge in [-0.1, -0.05) is 34.4 Å². The van der Waals surface area contributed by atoms with Crippen LogP contribution in [0.5, 0.6) is 0 Å². The van der Waals surface area contributed by atoms with Gasteiger partial charge in [-0.15, -0.1) is 0 Å². The van der Waals surface area contributed by atoms with Crippen molar-refractivity contribution >= 4 is 34.8 Å². The summed E-state index contributed by atoms with van der Waals surface area (Å²) >= 11 is 11.8. The van der Waals surface area contributed by atoms with Gasteiger partial charge in [0, 0.05) is 24.9 Å². The zero-order chi connectivity index (χ0) is 15.0. The Labute approximate surface area is 127 Å².